The Morgan fingerprint density at radius 1 is 1.18 bits per heavy atom. The van der Waals surface area contributed by atoms with Gasteiger partial charge in [-0.05, 0) is 12.1 Å². The number of hydrogen-bond donors (Lipinski definition) is 1. The van der Waals surface area contributed by atoms with Crippen LogP contribution in [0.4, 0.5) is 10.8 Å². The predicted molar refractivity (Wildman–Crippen MR) is 131 cm³/mol. The second kappa shape index (κ2) is 11.6. The molecule has 0 bridgehead atoms. The highest BCUT2D eigenvalue weighted by Gasteiger charge is 2.38. The molecule has 0 aliphatic carbocycles. The van der Waals surface area contributed by atoms with Crippen LogP contribution in [-0.4, -0.2) is 91.6 Å². The van der Waals surface area contributed by atoms with Crippen molar-refractivity contribution in [3.63, 3.8) is 0 Å². The Hall–Kier alpha value is -2.70. The van der Waals surface area contributed by atoms with Crippen molar-refractivity contribution in [2.75, 3.05) is 68.5 Å². The van der Waals surface area contributed by atoms with Gasteiger partial charge in [0.15, 0.2) is 4.34 Å². The Morgan fingerprint density at radius 3 is 2.68 bits per heavy atom. The molecule has 0 radical (unpaired) electrons. The van der Waals surface area contributed by atoms with E-state index in [4.69, 9.17) is 4.74 Å². The van der Waals surface area contributed by atoms with Gasteiger partial charge in [0.2, 0.25) is 22.9 Å². The zero-order chi connectivity index (χ0) is 23.9. The Labute approximate surface area is 206 Å². The fourth-order valence-corrected chi connectivity index (χ4v) is 5.69. The minimum Gasteiger partial charge on any atom is -0.383 e. The molecule has 12 heteroatoms. The zero-order valence-corrected chi connectivity index (χ0v) is 20.6. The van der Waals surface area contributed by atoms with E-state index in [0.29, 0.717) is 45.9 Å². The number of amides is 3. The number of nitrogens with one attached hydrogen (secondary N) is 1. The van der Waals surface area contributed by atoms with Gasteiger partial charge in [-0.1, -0.05) is 41.3 Å². The first-order valence-electron chi connectivity index (χ1n) is 11.2. The number of ether oxygens (including phenoxy) is 1. The van der Waals surface area contributed by atoms with Crippen LogP contribution in [0.1, 0.15) is 6.42 Å². The maximum Gasteiger partial charge on any atom is 0.230 e. The summed E-state index contributed by atoms with van der Waals surface area (Å²) in [6.07, 6.45) is 0.254. The lowest BCUT2D eigenvalue weighted by atomic mass is 10.1. The van der Waals surface area contributed by atoms with Crippen molar-refractivity contribution in [1.82, 2.24) is 20.4 Å². The molecular weight excluding hydrogens is 476 g/mol. The topological polar surface area (TPSA) is 108 Å². The molecule has 0 saturated carbocycles. The standard InChI is InChI=1S/C22H28N6O4S2/c1-32-12-7-23-18(29)15-33-22-25-24-21(34-22)27-10-8-26(9-11-27)20(31)16-13-19(30)28(14-16)17-5-3-2-4-6-17/h2-6,16H,7-15H2,1H3,(H,23,29). The van der Waals surface area contributed by atoms with E-state index in [0.717, 1.165) is 15.2 Å². The number of piperazine rings is 1. The molecule has 182 valence electrons. The molecule has 10 nitrogen and oxygen atoms in total. The predicted octanol–water partition coefficient (Wildman–Crippen LogP) is 1.09. The second-order valence-corrected chi connectivity index (χ2v) is 10.2. The lowest BCUT2D eigenvalue weighted by Gasteiger charge is -2.35. The van der Waals surface area contributed by atoms with E-state index in [1.165, 1.54) is 23.1 Å². The first kappa shape index (κ1) is 24.4. The van der Waals surface area contributed by atoms with Crippen molar-refractivity contribution >= 4 is 51.6 Å². The van der Waals surface area contributed by atoms with Crippen molar-refractivity contribution in [1.29, 1.82) is 0 Å². The molecule has 4 rings (SSSR count). The van der Waals surface area contributed by atoms with Gasteiger partial charge in [0.1, 0.15) is 0 Å². The molecule has 3 amide bonds. The molecule has 2 aliphatic rings. The summed E-state index contributed by atoms with van der Waals surface area (Å²) in [5.74, 6) is -0.0596. The number of anilines is 2. The molecular formula is C22H28N6O4S2. The Balaban J connectivity index is 1.23. The van der Waals surface area contributed by atoms with Crippen LogP contribution in [0.3, 0.4) is 0 Å². The number of thioether (sulfide) groups is 1. The molecule has 2 aromatic rings. The quantitative estimate of drug-likeness (QED) is 0.400. The molecule has 2 aliphatic heterocycles. The van der Waals surface area contributed by atoms with Crippen LogP contribution in [0.15, 0.2) is 34.7 Å². The average Bonchev–Trinajstić information content (AvgIpc) is 3.50. The zero-order valence-electron chi connectivity index (χ0n) is 19.0. The van der Waals surface area contributed by atoms with Crippen molar-refractivity contribution in [3.8, 4) is 0 Å². The summed E-state index contributed by atoms with van der Waals surface area (Å²) < 4.78 is 5.65. The van der Waals surface area contributed by atoms with Gasteiger partial charge in [-0.25, -0.2) is 0 Å². The van der Waals surface area contributed by atoms with Crippen LogP contribution >= 0.6 is 23.1 Å². The number of nitrogens with zero attached hydrogens (tertiary/aromatic N) is 5. The number of aromatic nitrogens is 2. The molecule has 1 N–H and O–H groups in total. The number of methoxy groups -OCH3 is 1. The minimum absolute atomic E-state index is 0.00514. The van der Waals surface area contributed by atoms with Crippen LogP contribution in [0.5, 0.6) is 0 Å². The highest BCUT2D eigenvalue weighted by molar-refractivity contribution is 8.01. The minimum atomic E-state index is -0.307. The summed E-state index contributed by atoms with van der Waals surface area (Å²) in [4.78, 5) is 43.0. The Kier molecular flexibility index (Phi) is 8.35. The van der Waals surface area contributed by atoms with E-state index < -0.39 is 0 Å². The lowest BCUT2D eigenvalue weighted by molar-refractivity contribution is -0.136. The molecule has 34 heavy (non-hydrogen) atoms. The lowest BCUT2D eigenvalue weighted by Crippen LogP contribution is -2.50. The third kappa shape index (κ3) is 6.05. The van der Waals surface area contributed by atoms with Crippen LogP contribution < -0.4 is 15.1 Å². The highest BCUT2D eigenvalue weighted by Crippen LogP contribution is 2.30. The Morgan fingerprint density at radius 2 is 1.94 bits per heavy atom. The molecule has 2 fully saturated rings. The number of hydrogen-bond acceptors (Lipinski definition) is 9. The first-order chi connectivity index (χ1) is 16.5. The monoisotopic (exact) mass is 504 g/mol. The third-order valence-electron chi connectivity index (χ3n) is 5.75. The van der Waals surface area contributed by atoms with Gasteiger partial charge in [0, 0.05) is 58.5 Å². The molecule has 1 atom stereocenters. The maximum atomic E-state index is 13.1. The molecule has 2 saturated heterocycles. The molecule has 1 unspecified atom stereocenters. The van der Waals surface area contributed by atoms with Crippen LogP contribution in [0, 0.1) is 5.92 Å². The third-order valence-corrected chi connectivity index (χ3v) is 7.87. The number of carbonyl (C=O) groups excluding carboxylic acids is 3. The number of para-hydroxylation sites is 1. The maximum absolute atomic E-state index is 13.1. The summed E-state index contributed by atoms with van der Waals surface area (Å²) in [6, 6.07) is 9.49. The summed E-state index contributed by atoms with van der Waals surface area (Å²) >= 11 is 2.81. The van der Waals surface area contributed by atoms with Gasteiger partial charge in [-0.3, -0.25) is 14.4 Å². The molecule has 1 aromatic carbocycles. The second-order valence-electron chi connectivity index (χ2n) is 8.04. The van der Waals surface area contributed by atoms with Crippen molar-refractivity contribution in [3.05, 3.63) is 30.3 Å². The van der Waals surface area contributed by atoms with E-state index in [1.807, 2.05) is 35.2 Å². The van der Waals surface area contributed by atoms with E-state index in [1.54, 1.807) is 12.0 Å². The largest absolute Gasteiger partial charge is 0.383 e. The number of benzene rings is 1. The van der Waals surface area contributed by atoms with Gasteiger partial charge in [-0.2, -0.15) is 0 Å². The van der Waals surface area contributed by atoms with E-state index >= 15 is 0 Å². The summed E-state index contributed by atoms with van der Waals surface area (Å²) in [5.41, 5.74) is 0.838. The number of rotatable bonds is 9. The van der Waals surface area contributed by atoms with E-state index in [-0.39, 0.29) is 35.8 Å². The van der Waals surface area contributed by atoms with Gasteiger partial charge in [0.05, 0.1) is 18.3 Å². The summed E-state index contributed by atoms with van der Waals surface area (Å²) in [6.45, 7) is 3.88. The fourth-order valence-electron chi connectivity index (χ4n) is 3.97. The molecule has 3 heterocycles. The van der Waals surface area contributed by atoms with Crippen molar-refractivity contribution < 1.29 is 19.1 Å². The first-order valence-corrected chi connectivity index (χ1v) is 13.0. The average molecular weight is 505 g/mol. The molecule has 1 aromatic heterocycles. The van der Waals surface area contributed by atoms with Crippen molar-refractivity contribution in [2.45, 2.75) is 10.8 Å². The summed E-state index contributed by atoms with van der Waals surface area (Å²) in [7, 11) is 1.59. The summed E-state index contributed by atoms with van der Waals surface area (Å²) in [5, 5.41) is 12.0. The smallest absolute Gasteiger partial charge is 0.230 e. The van der Waals surface area contributed by atoms with E-state index in [2.05, 4.69) is 20.4 Å². The van der Waals surface area contributed by atoms with Crippen molar-refractivity contribution in [2.24, 2.45) is 5.92 Å². The van der Waals surface area contributed by atoms with E-state index in [9.17, 15) is 14.4 Å². The van der Waals surface area contributed by atoms with Gasteiger partial charge < -0.3 is 24.8 Å². The van der Waals surface area contributed by atoms with Crippen LogP contribution in [0.25, 0.3) is 0 Å². The fraction of sp³-hybridized carbons (Fsp3) is 0.500. The van der Waals surface area contributed by atoms with Gasteiger partial charge in [-0.15, -0.1) is 10.2 Å². The normalized spacial score (nSPS) is 18.4. The molecule has 0 spiro atoms. The van der Waals surface area contributed by atoms with Crippen LogP contribution in [-0.2, 0) is 19.1 Å². The van der Waals surface area contributed by atoms with Gasteiger partial charge >= 0.3 is 0 Å². The number of carbonyl (C=O) groups is 3. The van der Waals surface area contributed by atoms with Crippen LogP contribution in [0.2, 0.25) is 0 Å². The van der Waals surface area contributed by atoms with Gasteiger partial charge in [0.25, 0.3) is 0 Å². The highest BCUT2D eigenvalue weighted by atomic mass is 32.2. The SMILES string of the molecule is COCCNC(=O)CSc1nnc(N2CCN(C(=O)C3CC(=O)N(c4ccccc4)C3)CC2)s1. The Bertz CT molecular complexity index is 996.